The monoisotopic (exact) mass is 417 g/mol. The van der Waals surface area contributed by atoms with E-state index in [-0.39, 0.29) is 17.7 Å². The van der Waals surface area contributed by atoms with Crippen LogP contribution in [0.1, 0.15) is 31.7 Å². The van der Waals surface area contributed by atoms with Gasteiger partial charge in [-0.2, -0.15) is 5.10 Å². The van der Waals surface area contributed by atoms with Crippen LogP contribution >= 0.6 is 11.6 Å². The SMILES string of the molecule is Cc1cc(NC(=O)[C@@H](C)Cn2cc(Cl)cn2)ccc1NC(=O)CN1CCCCC1. The first kappa shape index (κ1) is 21.3. The third kappa shape index (κ3) is 6.30. The van der Waals surface area contributed by atoms with Crippen LogP contribution in [-0.2, 0) is 16.1 Å². The molecule has 29 heavy (non-hydrogen) atoms. The van der Waals surface area contributed by atoms with Crippen molar-refractivity contribution in [3.63, 3.8) is 0 Å². The van der Waals surface area contributed by atoms with Crippen LogP contribution in [0.15, 0.2) is 30.6 Å². The number of anilines is 2. The van der Waals surface area contributed by atoms with Crippen LogP contribution in [0.3, 0.4) is 0 Å². The molecule has 0 aliphatic carbocycles. The Hall–Kier alpha value is -2.38. The molecular weight excluding hydrogens is 390 g/mol. The molecule has 2 heterocycles. The van der Waals surface area contributed by atoms with E-state index in [1.54, 1.807) is 23.1 Å². The minimum absolute atomic E-state index is 0.00158. The van der Waals surface area contributed by atoms with E-state index in [9.17, 15) is 9.59 Å². The first-order valence-corrected chi connectivity index (χ1v) is 10.4. The highest BCUT2D eigenvalue weighted by molar-refractivity contribution is 6.30. The van der Waals surface area contributed by atoms with E-state index in [4.69, 9.17) is 11.6 Å². The molecule has 0 radical (unpaired) electrons. The highest BCUT2D eigenvalue weighted by atomic mass is 35.5. The predicted molar refractivity (Wildman–Crippen MR) is 115 cm³/mol. The minimum atomic E-state index is -0.268. The summed E-state index contributed by atoms with van der Waals surface area (Å²) in [6.45, 7) is 6.60. The maximum atomic E-state index is 12.5. The average Bonchev–Trinajstić information content (AvgIpc) is 3.09. The summed E-state index contributed by atoms with van der Waals surface area (Å²) < 4.78 is 1.65. The number of piperidine rings is 1. The molecule has 3 rings (SSSR count). The fraction of sp³-hybridized carbons (Fsp3) is 0.476. The molecule has 0 saturated carbocycles. The molecule has 1 atom stereocenters. The molecule has 0 spiro atoms. The van der Waals surface area contributed by atoms with Gasteiger partial charge in [-0.1, -0.05) is 24.9 Å². The lowest BCUT2D eigenvalue weighted by atomic mass is 10.1. The van der Waals surface area contributed by atoms with Gasteiger partial charge >= 0.3 is 0 Å². The lowest BCUT2D eigenvalue weighted by molar-refractivity contribution is -0.120. The number of likely N-dealkylation sites (tertiary alicyclic amines) is 1. The van der Waals surface area contributed by atoms with E-state index >= 15 is 0 Å². The number of hydrogen-bond acceptors (Lipinski definition) is 4. The van der Waals surface area contributed by atoms with E-state index in [2.05, 4.69) is 20.6 Å². The quantitative estimate of drug-likeness (QED) is 0.722. The average molecular weight is 418 g/mol. The van der Waals surface area contributed by atoms with Gasteiger partial charge in [0.15, 0.2) is 0 Å². The van der Waals surface area contributed by atoms with Gasteiger partial charge in [0.05, 0.1) is 30.2 Å². The summed E-state index contributed by atoms with van der Waals surface area (Å²) in [5.41, 5.74) is 2.37. The minimum Gasteiger partial charge on any atom is -0.326 e. The molecule has 1 fully saturated rings. The predicted octanol–water partition coefficient (Wildman–Crippen LogP) is 3.54. The zero-order valence-corrected chi connectivity index (χ0v) is 17.7. The Labute approximate surface area is 176 Å². The number of nitrogens with one attached hydrogen (secondary N) is 2. The molecule has 1 aliphatic heterocycles. The number of rotatable bonds is 7. The maximum absolute atomic E-state index is 12.5. The van der Waals surface area contributed by atoms with Crippen molar-refractivity contribution in [2.75, 3.05) is 30.3 Å². The first-order valence-electron chi connectivity index (χ1n) is 10.0. The number of halogens is 1. The Morgan fingerprint density at radius 2 is 1.97 bits per heavy atom. The van der Waals surface area contributed by atoms with Gasteiger partial charge in [0.1, 0.15) is 0 Å². The third-order valence-electron chi connectivity index (χ3n) is 5.09. The molecule has 7 nitrogen and oxygen atoms in total. The summed E-state index contributed by atoms with van der Waals surface area (Å²) in [5.74, 6) is -0.369. The van der Waals surface area contributed by atoms with E-state index in [0.29, 0.717) is 23.8 Å². The van der Waals surface area contributed by atoms with Crippen molar-refractivity contribution in [1.82, 2.24) is 14.7 Å². The summed E-state index contributed by atoms with van der Waals surface area (Å²) >= 11 is 5.86. The van der Waals surface area contributed by atoms with Crippen molar-refractivity contribution in [1.29, 1.82) is 0 Å². The Kier molecular flexibility index (Phi) is 7.28. The Balaban J connectivity index is 1.52. The van der Waals surface area contributed by atoms with Crippen molar-refractivity contribution in [2.45, 2.75) is 39.7 Å². The molecule has 2 aromatic rings. The zero-order chi connectivity index (χ0) is 20.8. The summed E-state index contributed by atoms with van der Waals surface area (Å²) in [4.78, 5) is 27.0. The van der Waals surface area contributed by atoms with Crippen LogP contribution in [0.4, 0.5) is 11.4 Å². The number of benzene rings is 1. The van der Waals surface area contributed by atoms with Crippen molar-refractivity contribution in [3.8, 4) is 0 Å². The number of carbonyl (C=O) groups is 2. The van der Waals surface area contributed by atoms with Gasteiger partial charge < -0.3 is 10.6 Å². The van der Waals surface area contributed by atoms with Crippen LogP contribution in [0.2, 0.25) is 5.02 Å². The van der Waals surface area contributed by atoms with Gasteiger partial charge in [-0.15, -0.1) is 0 Å². The topological polar surface area (TPSA) is 79.3 Å². The van der Waals surface area contributed by atoms with Crippen molar-refractivity contribution in [2.24, 2.45) is 5.92 Å². The maximum Gasteiger partial charge on any atom is 0.238 e. The number of hydrogen-bond donors (Lipinski definition) is 2. The van der Waals surface area contributed by atoms with E-state index in [1.807, 2.05) is 26.0 Å². The molecule has 8 heteroatoms. The smallest absolute Gasteiger partial charge is 0.238 e. The van der Waals surface area contributed by atoms with Gasteiger partial charge in [0, 0.05) is 17.6 Å². The highest BCUT2D eigenvalue weighted by Crippen LogP contribution is 2.21. The van der Waals surface area contributed by atoms with Crippen molar-refractivity contribution in [3.05, 3.63) is 41.2 Å². The molecule has 1 aromatic heterocycles. The fourth-order valence-electron chi connectivity index (χ4n) is 3.46. The molecule has 1 aliphatic rings. The standard InChI is InChI=1S/C21H28ClN5O2/c1-15-10-18(24-21(29)16(2)12-27-13-17(22)11-23-27)6-7-19(15)25-20(28)14-26-8-4-3-5-9-26/h6-7,10-11,13,16H,3-5,8-9,12,14H2,1-2H3,(H,24,29)(H,25,28)/t16-/m0/s1. The molecule has 2 amide bonds. The summed E-state index contributed by atoms with van der Waals surface area (Å²) in [6, 6.07) is 5.50. The number of nitrogens with zero attached hydrogens (tertiary/aromatic N) is 3. The van der Waals surface area contributed by atoms with Gasteiger partial charge in [0.25, 0.3) is 0 Å². The van der Waals surface area contributed by atoms with Gasteiger partial charge in [-0.25, -0.2) is 0 Å². The number of amides is 2. The zero-order valence-electron chi connectivity index (χ0n) is 16.9. The van der Waals surface area contributed by atoms with Crippen LogP contribution < -0.4 is 10.6 Å². The molecular formula is C21H28ClN5O2. The largest absolute Gasteiger partial charge is 0.326 e. The number of aryl methyl sites for hydroxylation is 1. The van der Waals surface area contributed by atoms with E-state index < -0.39 is 0 Å². The Morgan fingerprint density at radius 3 is 2.62 bits per heavy atom. The highest BCUT2D eigenvalue weighted by Gasteiger charge is 2.16. The second-order valence-corrected chi connectivity index (χ2v) is 8.12. The Morgan fingerprint density at radius 1 is 1.21 bits per heavy atom. The number of aromatic nitrogens is 2. The van der Waals surface area contributed by atoms with Crippen molar-refractivity contribution >= 4 is 34.8 Å². The lowest BCUT2D eigenvalue weighted by Crippen LogP contribution is -2.36. The number of carbonyl (C=O) groups excluding carboxylic acids is 2. The van der Waals surface area contributed by atoms with Crippen LogP contribution in [0.5, 0.6) is 0 Å². The summed E-state index contributed by atoms with van der Waals surface area (Å²) in [5, 5.41) is 10.5. The van der Waals surface area contributed by atoms with Crippen LogP contribution in [0.25, 0.3) is 0 Å². The summed E-state index contributed by atoms with van der Waals surface area (Å²) in [6.07, 6.45) is 6.81. The van der Waals surface area contributed by atoms with Gasteiger partial charge in [-0.3, -0.25) is 19.2 Å². The molecule has 1 saturated heterocycles. The third-order valence-corrected chi connectivity index (χ3v) is 5.29. The fourth-order valence-corrected chi connectivity index (χ4v) is 3.62. The lowest BCUT2D eigenvalue weighted by Gasteiger charge is -2.25. The Bertz CT molecular complexity index is 861. The van der Waals surface area contributed by atoms with Crippen LogP contribution in [-0.4, -0.2) is 46.1 Å². The normalized spacial score (nSPS) is 15.7. The van der Waals surface area contributed by atoms with Gasteiger partial charge in [-0.05, 0) is 56.6 Å². The summed E-state index contributed by atoms with van der Waals surface area (Å²) in [7, 11) is 0. The van der Waals surface area contributed by atoms with Crippen LogP contribution in [0, 0.1) is 12.8 Å². The molecule has 1 aromatic carbocycles. The van der Waals surface area contributed by atoms with Gasteiger partial charge in [0.2, 0.25) is 11.8 Å². The molecule has 0 unspecified atom stereocenters. The first-order chi connectivity index (χ1) is 13.9. The van der Waals surface area contributed by atoms with E-state index in [0.717, 1.165) is 37.2 Å². The van der Waals surface area contributed by atoms with E-state index in [1.165, 1.54) is 6.42 Å². The second kappa shape index (κ2) is 9.89. The molecule has 156 valence electrons. The van der Waals surface area contributed by atoms with Crippen molar-refractivity contribution < 1.29 is 9.59 Å². The molecule has 2 N–H and O–H groups in total. The second-order valence-electron chi connectivity index (χ2n) is 7.69. The molecule has 0 bridgehead atoms.